The van der Waals surface area contributed by atoms with Gasteiger partial charge in [0, 0.05) is 19.1 Å². The molecular formula is C14H23N3O4. The van der Waals surface area contributed by atoms with Gasteiger partial charge in [0.1, 0.15) is 0 Å². The molecule has 0 aromatic heterocycles. The fraction of sp³-hybridized carbons (Fsp3) is 0.786. The van der Waals surface area contributed by atoms with Crippen molar-refractivity contribution in [2.75, 3.05) is 19.6 Å². The molecule has 1 aliphatic heterocycles. The summed E-state index contributed by atoms with van der Waals surface area (Å²) in [6.45, 7) is 2.52. The highest BCUT2D eigenvalue weighted by Crippen LogP contribution is 2.35. The highest BCUT2D eigenvalue weighted by molar-refractivity contribution is 5.85. The summed E-state index contributed by atoms with van der Waals surface area (Å²) in [5, 5.41) is 14.7. The number of aliphatic carboxylic acids is 1. The second kappa shape index (κ2) is 6.32. The topological polar surface area (TPSA) is 98.7 Å². The van der Waals surface area contributed by atoms with E-state index in [1.165, 1.54) is 4.90 Å². The monoisotopic (exact) mass is 297 g/mol. The highest BCUT2D eigenvalue weighted by atomic mass is 16.4. The molecular weight excluding hydrogens is 274 g/mol. The molecule has 7 heteroatoms. The van der Waals surface area contributed by atoms with Crippen LogP contribution < -0.4 is 10.6 Å². The Morgan fingerprint density at radius 1 is 1.33 bits per heavy atom. The maximum Gasteiger partial charge on any atom is 0.317 e. The van der Waals surface area contributed by atoms with Crippen molar-refractivity contribution in [3.8, 4) is 0 Å². The highest BCUT2D eigenvalue weighted by Gasteiger charge is 2.45. The van der Waals surface area contributed by atoms with Gasteiger partial charge in [-0.25, -0.2) is 4.79 Å². The van der Waals surface area contributed by atoms with Gasteiger partial charge in [0.15, 0.2) is 0 Å². The number of amides is 3. The minimum Gasteiger partial charge on any atom is -0.481 e. The molecule has 1 atom stereocenters. The zero-order valence-corrected chi connectivity index (χ0v) is 12.4. The van der Waals surface area contributed by atoms with Gasteiger partial charge in [-0.2, -0.15) is 0 Å². The largest absolute Gasteiger partial charge is 0.481 e. The van der Waals surface area contributed by atoms with E-state index in [4.69, 9.17) is 0 Å². The third kappa shape index (κ3) is 3.86. The number of hydrogen-bond acceptors (Lipinski definition) is 3. The maximum atomic E-state index is 12.0. The first-order chi connectivity index (χ1) is 9.97. The minimum atomic E-state index is -0.842. The molecule has 1 unspecified atom stereocenters. The number of nitrogens with one attached hydrogen (secondary N) is 2. The van der Waals surface area contributed by atoms with Crippen LogP contribution in [-0.2, 0) is 9.59 Å². The first kappa shape index (κ1) is 15.6. The Balaban J connectivity index is 1.80. The number of rotatable bonds is 6. The number of carbonyl (C=O) groups excluding carboxylic acids is 2. The number of nitrogens with zero attached hydrogens (tertiary/aromatic N) is 1. The van der Waals surface area contributed by atoms with Gasteiger partial charge >= 0.3 is 12.0 Å². The fourth-order valence-corrected chi connectivity index (χ4v) is 2.78. The number of carbonyl (C=O) groups is 3. The molecule has 3 N–H and O–H groups in total. The van der Waals surface area contributed by atoms with Crippen molar-refractivity contribution >= 4 is 17.9 Å². The Morgan fingerprint density at radius 2 is 2.05 bits per heavy atom. The second-order valence-electron chi connectivity index (χ2n) is 6.01. The summed E-state index contributed by atoms with van der Waals surface area (Å²) in [7, 11) is 0. The molecule has 21 heavy (non-hydrogen) atoms. The molecule has 0 bridgehead atoms. The number of likely N-dealkylation sites (tertiary alicyclic amines) is 1. The summed E-state index contributed by atoms with van der Waals surface area (Å²) in [5.41, 5.74) is -0.831. The molecule has 2 fully saturated rings. The molecule has 118 valence electrons. The van der Waals surface area contributed by atoms with Crippen molar-refractivity contribution in [2.24, 2.45) is 5.41 Å². The summed E-state index contributed by atoms with van der Waals surface area (Å²) in [4.78, 5) is 36.5. The first-order valence-corrected chi connectivity index (χ1v) is 7.52. The standard InChI is InChI=1S/C14H23N3O4/c1-2-5-14(12(19)20)6-7-17(9-14)13(21)15-8-11(18)16-10-3-4-10/h10H,2-9H2,1H3,(H,15,21)(H,16,18)(H,19,20). The van der Waals surface area contributed by atoms with Gasteiger partial charge in [-0.3, -0.25) is 9.59 Å². The van der Waals surface area contributed by atoms with Gasteiger partial charge in [-0.15, -0.1) is 0 Å². The van der Waals surface area contributed by atoms with Crippen molar-refractivity contribution in [3.63, 3.8) is 0 Å². The molecule has 7 nitrogen and oxygen atoms in total. The molecule has 0 aromatic rings. The van der Waals surface area contributed by atoms with E-state index in [-0.39, 0.29) is 31.1 Å². The van der Waals surface area contributed by atoms with Gasteiger partial charge in [0.25, 0.3) is 0 Å². The summed E-state index contributed by atoms with van der Waals surface area (Å²) in [6.07, 6.45) is 3.81. The lowest BCUT2D eigenvalue weighted by Gasteiger charge is -2.24. The molecule has 1 saturated carbocycles. The van der Waals surface area contributed by atoms with E-state index >= 15 is 0 Å². The van der Waals surface area contributed by atoms with Crippen LogP contribution in [0.3, 0.4) is 0 Å². The average molecular weight is 297 g/mol. The number of hydrogen-bond donors (Lipinski definition) is 3. The van der Waals surface area contributed by atoms with E-state index in [0.29, 0.717) is 19.4 Å². The Labute approximate surface area is 124 Å². The molecule has 1 aliphatic carbocycles. The van der Waals surface area contributed by atoms with Crippen LogP contribution in [-0.4, -0.2) is 53.6 Å². The molecule has 0 radical (unpaired) electrons. The van der Waals surface area contributed by atoms with Gasteiger partial charge in [-0.05, 0) is 25.7 Å². The van der Waals surface area contributed by atoms with Crippen LogP contribution in [0.4, 0.5) is 4.79 Å². The number of carboxylic acid groups (broad SMARTS) is 1. The smallest absolute Gasteiger partial charge is 0.317 e. The quantitative estimate of drug-likeness (QED) is 0.667. The van der Waals surface area contributed by atoms with E-state index in [2.05, 4.69) is 10.6 Å². The van der Waals surface area contributed by atoms with Crippen molar-refractivity contribution < 1.29 is 19.5 Å². The lowest BCUT2D eigenvalue weighted by molar-refractivity contribution is -0.148. The van der Waals surface area contributed by atoms with E-state index < -0.39 is 11.4 Å². The molecule has 0 spiro atoms. The summed E-state index contributed by atoms with van der Waals surface area (Å²) < 4.78 is 0. The van der Waals surface area contributed by atoms with Crippen LogP contribution in [0.5, 0.6) is 0 Å². The Morgan fingerprint density at radius 3 is 2.62 bits per heavy atom. The fourth-order valence-electron chi connectivity index (χ4n) is 2.78. The van der Waals surface area contributed by atoms with E-state index in [0.717, 1.165) is 19.3 Å². The van der Waals surface area contributed by atoms with Crippen molar-refractivity contribution in [1.29, 1.82) is 0 Å². The average Bonchev–Trinajstić information content (AvgIpc) is 3.13. The van der Waals surface area contributed by atoms with Crippen LogP contribution in [0.1, 0.15) is 39.0 Å². The lowest BCUT2D eigenvalue weighted by atomic mass is 9.83. The van der Waals surface area contributed by atoms with E-state index in [1.807, 2.05) is 6.92 Å². The first-order valence-electron chi connectivity index (χ1n) is 7.52. The zero-order valence-electron chi connectivity index (χ0n) is 12.4. The Kier molecular flexibility index (Phi) is 4.69. The molecule has 2 rings (SSSR count). The van der Waals surface area contributed by atoms with Crippen LogP contribution >= 0.6 is 0 Å². The van der Waals surface area contributed by atoms with Crippen molar-refractivity contribution in [2.45, 2.75) is 45.1 Å². The predicted molar refractivity (Wildman–Crippen MR) is 75.7 cm³/mol. The van der Waals surface area contributed by atoms with E-state index in [9.17, 15) is 19.5 Å². The van der Waals surface area contributed by atoms with Gasteiger partial charge in [-0.1, -0.05) is 13.3 Å². The summed E-state index contributed by atoms with van der Waals surface area (Å²) >= 11 is 0. The molecule has 2 aliphatic rings. The zero-order chi connectivity index (χ0) is 15.5. The predicted octanol–water partition coefficient (Wildman–Crippen LogP) is 0.551. The van der Waals surface area contributed by atoms with Gasteiger partial charge < -0.3 is 20.6 Å². The van der Waals surface area contributed by atoms with Crippen LogP contribution in [0.15, 0.2) is 0 Å². The third-order valence-electron chi connectivity index (χ3n) is 4.17. The van der Waals surface area contributed by atoms with Crippen LogP contribution in [0.2, 0.25) is 0 Å². The van der Waals surface area contributed by atoms with Crippen molar-refractivity contribution in [3.05, 3.63) is 0 Å². The van der Waals surface area contributed by atoms with Gasteiger partial charge in [0.2, 0.25) is 5.91 Å². The number of carboxylic acids is 1. The molecule has 1 saturated heterocycles. The van der Waals surface area contributed by atoms with Crippen LogP contribution in [0.25, 0.3) is 0 Å². The SMILES string of the molecule is CCCC1(C(=O)O)CCN(C(=O)NCC(=O)NC2CC2)C1. The van der Waals surface area contributed by atoms with Crippen molar-refractivity contribution in [1.82, 2.24) is 15.5 Å². The Bertz CT molecular complexity index is 436. The Hall–Kier alpha value is -1.79. The second-order valence-corrected chi connectivity index (χ2v) is 6.01. The molecule has 0 aromatic carbocycles. The molecule has 1 heterocycles. The lowest BCUT2D eigenvalue weighted by Crippen LogP contribution is -2.45. The van der Waals surface area contributed by atoms with E-state index in [1.54, 1.807) is 0 Å². The molecule has 3 amide bonds. The normalized spacial score (nSPS) is 24.7. The third-order valence-corrected chi connectivity index (χ3v) is 4.17. The summed E-state index contributed by atoms with van der Waals surface area (Å²) in [6, 6.07) is -0.0921. The van der Waals surface area contributed by atoms with Crippen LogP contribution in [0, 0.1) is 5.41 Å². The summed E-state index contributed by atoms with van der Waals surface area (Å²) in [5.74, 6) is -1.03. The van der Waals surface area contributed by atoms with Gasteiger partial charge in [0.05, 0.1) is 12.0 Å². The number of urea groups is 1. The maximum absolute atomic E-state index is 12.0. The minimum absolute atomic E-state index is 0.0559.